The van der Waals surface area contributed by atoms with E-state index >= 15 is 0 Å². The number of piperidine rings is 1. The number of anilines is 1. The number of nitrogens with zero attached hydrogens (tertiary/aromatic N) is 6. The van der Waals surface area contributed by atoms with Crippen LogP contribution in [-0.4, -0.2) is 133 Å². The van der Waals surface area contributed by atoms with Gasteiger partial charge in [0.1, 0.15) is 17.9 Å². The lowest BCUT2D eigenvalue weighted by molar-refractivity contribution is -0.239. The normalized spacial score (nSPS) is 29.3. The first kappa shape index (κ1) is 34.5. The molecule has 0 aliphatic carbocycles. The van der Waals surface area contributed by atoms with E-state index in [1.54, 1.807) is 11.1 Å². The quantitative estimate of drug-likeness (QED) is 0.395. The molecule has 1 aromatic heterocycles. The first-order chi connectivity index (χ1) is 23.4. The first-order valence-electron chi connectivity index (χ1n) is 17.2. The van der Waals surface area contributed by atoms with Gasteiger partial charge in [-0.1, -0.05) is 0 Å². The fraction of sp³-hybridized carbons (Fsp3) is 0.667. The number of aliphatic hydroxyl groups is 1. The predicted molar refractivity (Wildman–Crippen MR) is 177 cm³/mol. The summed E-state index contributed by atoms with van der Waals surface area (Å²) in [6, 6.07) is 3.28. The van der Waals surface area contributed by atoms with Crippen molar-refractivity contribution < 1.29 is 36.9 Å². The number of likely N-dealkylation sites (tertiary alicyclic amines) is 1. The van der Waals surface area contributed by atoms with Crippen molar-refractivity contribution in [2.45, 2.75) is 69.9 Å². The molecule has 49 heavy (non-hydrogen) atoms. The van der Waals surface area contributed by atoms with Gasteiger partial charge >= 0.3 is 0 Å². The number of β-amino-alcohol motifs (C(OH)–C–C–N with tert-alkyl or cyclic N) is 1. The molecule has 5 aliphatic rings. The molecule has 2 N–H and O–H groups in total. The van der Waals surface area contributed by atoms with Crippen molar-refractivity contribution >= 4 is 21.9 Å². The van der Waals surface area contributed by atoms with E-state index in [0.717, 1.165) is 45.4 Å². The smallest absolute Gasteiger partial charge is 0.279 e. The van der Waals surface area contributed by atoms with Crippen molar-refractivity contribution in [2.75, 3.05) is 70.5 Å². The SMILES string of the molecule is C[C@@H]1COC[C@@H](C)N1C(=O)c1cc(F)ccc1Oc1cncnc1N1CC2(CCN(C[C@@]3(O)CC[C@@H](NS(=O)(=O)N4CCC4)CO3)CC2)C1. The Bertz CT molecular complexity index is 1610. The van der Waals surface area contributed by atoms with Crippen LogP contribution in [0.1, 0.15) is 56.3 Å². The number of benzene rings is 1. The van der Waals surface area contributed by atoms with Crippen LogP contribution in [0.5, 0.6) is 11.5 Å². The molecule has 1 amide bonds. The monoisotopic (exact) mass is 703 g/mol. The summed E-state index contributed by atoms with van der Waals surface area (Å²) in [5.74, 6) is -0.911. The highest BCUT2D eigenvalue weighted by Crippen LogP contribution is 2.45. The van der Waals surface area contributed by atoms with Crippen molar-refractivity contribution in [1.29, 1.82) is 0 Å². The second-order valence-electron chi connectivity index (χ2n) is 14.4. The Morgan fingerprint density at radius 3 is 2.47 bits per heavy atom. The summed E-state index contributed by atoms with van der Waals surface area (Å²) in [6.07, 6.45) is 6.66. The largest absolute Gasteiger partial charge is 0.451 e. The van der Waals surface area contributed by atoms with Gasteiger partial charge in [0.15, 0.2) is 17.4 Å². The minimum Gasteiger partial charge on any atom is -0.451 e. The van der Waals surface area contributed by atoms with Crippen molar-refractivity contribution in [1.82, 2.24) is 28.8 Å². The van der Waals surface area contributed by atoms with Crippen LogP contribution in [0.4, 0.5) is 10.2 Å². The first-order valence-corrected chi connectivity index (χ1v) is 18.7. The summed E-state index contributed by atoms with van der Waals surface area (Å²) in [6.45, 7) is 9.38. The van der Waals surface area contributed by atoms with Crippen LogP contribution in [0.2, 0.25) is 0 Å². The third-order valence-electron chi connectivity index (χ3n) is 10.6. The lowest BCUT2D eigenvalue weighted by Crippen LogP contribution is -2.62. The number of halogens is 1. The van der Waals surface area contributed by atoms with Gasteiger partial charge in [0, 0.05) is 44.1 Å². The summed E-state index contributed by atoms with van der Waals surface area (Å²) in [5.41, 5.74) is 0.226. The van der Waals surface area contributed by atoms with E-state index in [1.165, 1.54) is 28.8 Å². The number of aromatic nitrogens is 2. The third-order valence-corrected chi connectivity index (χ3v) is 12.3. The van der Waals surface area contributed by atoms with Crippen LogP contribution < -0.4 is 14.4 Å². The Hall–Kier alpha value is -2.99. The number of carbonyl (C=O) groups excluding carboxylic acids is 1. The zero-order valence-electron chi connectivity index (χ0n) is 28.1. The predicted octanol–water partition coefficient (Wildman–Crippen LogP) is 1.97. The van der Waals surface area contributed by atoms with Crippen LogP contribution in [0.25, 0.3) is 0 Å². The number of amides is 1. The second-order valence-corrected chi connectivity index (χ2v) is 16.1. The molecule has 0 unspecified atom stereocenters. The molecule has 0 radical (unpaired) electrons. The molecule has 0 saturated carbocycles. The molecular formula is C33H46FN7O7S. The van der Waals surface area contributed by atoms with E-state index in [4.69, 9.17) is 14.2 Å². The van der Waals surface area contributed by atoms with Crippen LogP contribution in [0, 0.1) is 11.2 Å². The maximum atomic E-state index is 14.4. The molecular weight excluding hydrogens is 657 g/mol. The average Bonchev–Trinajstić information content (AvgIpc) is 3.01. The molecule has 16 heteroatoms. The van der Waals surface area contributed by atoms with Gasteiger partial charge in [0.2, 0.25) is 0 Å². The van der Waals surface area contributed by atoms with E-state index in [9.17, 15) is 22.7 Å². The molecule has 6 heterocycles. The summed E-state index contributed by atoms with van der Waals surface area (Å²) < 4.78 is 61.1. The number of hydrogen-bond donors (Lipinski definition) is 2. The Morgan fingerprint density at radius 2 is 1.82 bits per heavy atom. The number of hydrogen-bond acceptors (Lipinski definition) is 11. The van der Waals surface area contributed by atoms with Gasteiger partial charge in [0.05, 0.1) is 50.2 Å². The topological polar surface area (TPSA) is 150 Å². The van der Waals surface area contributed by atoms with Gasteiger partial charge in [-0.05, 0) is 70.8 Å². The number of morpholine rings is 1. The standard InChI is InChI=1S/C33H46FN7O7S/c1-23-16-46-17-24(2)41(23)31(42)27-14-25(34)4-5-28(27)48-29-15-35-22-36-30(29)39-19-32(20-39)8-12-38(13-9-32)21-33(43)7-6-26(18-47-33)37-49(44,45)40-10-3-11-40/h4-5,14-15,22-24,26,37,43H,3,6-13,16-21H2,1-2H3/t23-,24-,26-,33-/m1/s1. The zero-order chi connectivity index (χ0) is 34.4. The molecule has 4 atom stereocenters. The molecule has 2 aromatic rings. The maximum absolute atomic E-state index is 14.4. The molecule has 1 spiro atoms. The Morgan fingerprint density at radius 1 is 1.08 bits per heavy atom. The lowest BCUT2D eigenvalue weighted by atomic mass is 9.72. The number of carbonyl (C=O) groups is 1. The summed E-state index contributed by atoms with van der Waals surface area (Å²) in [4.78, 5) is 28.5. The number of rotatable bonds is 9. The van der Waals surface area contributed by atoms with Crippen LogP contribution in [0.15, 0.2) is 30.7 Å². The Balaban J connectivity index is 0.936. The van der Waals surface area contributed by atoms with Crippen molar-refractivity contribution in [3.8, 4) is 11.5 Å². The van der Waals surface area contributed by atoms with Crippen LogP contribution in [0.3, 0.4) is 0 Å². The fourth-order valence-electron chi connectivity index (χ4n) is 7.65. The molecule has 5 fully saturated rings. The van der Waals surface area contributed by atoms with E-state index in [0.29, 0.717) is 57.3 Å². The molecule has 268 valence electrons. The highest BCUT2D eigenvalue weighted by molar-refractivity contribution is 7.87. The van der Waals surface area contributed by atoms with Gasteiger partial charge in [-0.2, -0.15) is 17.4 Å². The molecule has 14 nitrogen and oxygen atoms in total. The van der Waals surface area contributed by atoms with Gasteiger partial charge in [-0.25, -0.2) is 14.4 Å². The average molecular weight is 704 g/mol. The summed E-state index contributed by atoms with van der Waals surface area (Å²) in [7, 11) is -3.50. The lowest BCUT2D eigenvalue weighted by Gasteiger charge is -2.55. The molecule has 1 aromatic carbocycles. The molecule has 5 aliphatic heterocycles. The van der Waals surface area contributed by atoms with Gasteiger partial charge in [0.25, 0.3) is 16.1 Å². The van der Waals surface area contributed by atoms with Crippen molar-refractivity contribution in [3.63, 3.8) is 0 Å². The molecule has 7 rings (SSSR count). The number of ether oxygens (including phenoxy) is 3. The summed E-state index contributed by atoms with van der Waals surface area (Å²) >= 11 is 0. The Kier molecular flexibility index (Phi) is 9.58. The summed E-state index contributed by atoms with van der Waals surface area (Å²) in [5, 5.41) is 11.2. The van der Waals surface area contributed by atoms with Crippen LogP contribution >= 0.6 is 0 Å². The Labute approximate surface area is 286 Å². The second kappa shape index (κ2) is 13.6. The highest BCUT2D eigenvalue weighted by Gasteiger charge is 2.47. The van der Waals surface area contributed by atoms with Gasteiger partial charge < -0.3 is 29.1 Å². The minimum absolute atomic E-state index is 0.0919. The minimum atomic E-state index is -3.50. The highest BCUT2D eigenvalue weighted by atomic mass is 32.2. The van der Waals surface area contributed by atoms with Gasteiger partial charge in [-0.3, -0.25) is 9.69 Å². The van der Waals surface area contributed by atoms with Gasteiger partial charge in [-0.15, -0.1) is 0 Å². The van der Waals surface area contributed by atoms with E-state index in [2.05, 4.69) is 24.5 Å². The van der Waals surface area contributed by atoms with Crippen molar-refractivity contribution in [2.24, 2.45) is 5.41 Å². The molecule has 0 bridgehead atoms. The zero-order valence-corrected chi connectivity index (χ0v) is 28.9. The van der Waals surface area contributed by atoms with E-state index in [-0.39, 0.29) is 47.4 Å². The van der Waals surface area contributed by atoms with E-state index in [1.807, 2.05) is 13.8 Å². The van der Waals surface area contributed by atoms with Crippen LogP contribution in [-0.2, 0) is 19.7 Å². The number of nitrogens with one attached hydrogen (secondary N) is 1. The van der Waals surface area contributed by atoms with E-state index < -0.39 is 21.8 Å². The fourth-order valence-corrected chi connectivity index (χ4v) is 9.14. The molecule has 5 saturated heterocycles. The maximum Gasteiger partial charge on any atom is 0.279 e. The van der Waals surface area contributed by atoms with Crippen molar-refractivity contribution in [3.05, 3.63) is 42.1 Å². The third kappa shape index (κ3) is 7.27.